The molecule has 1 unspecified atom stereocenters. The van der Waals surface area contributed by atoms with Crippen molar-refractivity contribution >= 4 is 23.2 Å². The first kappa shape index (κ1) is 14.6. The van der Waals surface area contributed by atoms with Crippen LogP contribution in [0.5, 0.6) is 0 Å². The second kappa shape index (κ2) is 4.93. The molecule has 1 amide bonds. The van der Waals surface area contributed by atoms with Crippen LogP contribution in [-0.4, -0.2) is 32.5 Å². The minimum atomic E-state index is -4.52. The van der Waals surface area contributed by atoms with Crippen LogP contribution in [0.25, 0.3) is 5.65 Å². The molecule has 0 saturated carbocycles. The van der Waals surface area contributed by atoms with Crippen molar-refractivity contribution in [2.45, 2.75) is 26.1 Å². The number of carbonyl (C=O) groups is 1. The summed E-state index contributed by atoms with van der Waals surface area (Å²) in [6.07, 6.45) is -3.21. The fourth-order valence-electron chi connectivity index (χ4n) is 1.59. The minimum absolute atomic E-state index is 0.113. The molecule has 0 radical (unpaired) electrons. The molecule has 0 bridgehead atoms. The van der Waals surface area contributed by atoms with E-state index in [0.29, 0.717) is 5.69 Å². The lowest BCUT2D eigenvalue weighted by Crippen LogP contribution is -2.43. The molecule has 20 heavy (non-hydrogen) atoms. The van der Waals surface area contributed by atoms with Crippen LogP contribution in [0.3, 0.4) is 0 Å². The van der Waals surface area contributed by atoms with Crippen LogP contribution in [-0.2, 0) is 0 Å². The van der Waals surface area contributed by atoms with Crippen molar-refractivity contribution in [2.75, 3.05) is 0 Å². The second-order valence-corrected chi connectivity index (χ2v) is 4.63. The summed E-state index contributed by atoms with van der Waals surface area (Å²) in [4.78, 5) is 19.5. The van der Waals surface area contributed by atoms with Crippen LogP contribution in [0.2, 0.25) is 5.15 Å². The van der Waals surface area contributed by atoms with Gasteiger partial charge in [-0.3, -0.25) is 9.20 Å². The van der Waals surface area contributed by atoms with Gasteiger partial charge in [0.15, 0.2) is 11.3 Å². The molecule has 2 heterocycles. The molecule has 2 aromatic heterocycles. The van der Waals surface area contributed by atoms with Crippen molar-refractivity contribution in [3.8, 4) is 0 Å². The lowest BCUT2D eigenvalue weighted by atomic mass is 10.3. The number of imidazole rings is 1. The number of halogens is 4. The van der Waals surface area contributed by atoms with Crippen LogP contribution >= 0.6 is 11.6 Å². The highest BCUT2D eigenvalue weighted by atomic mass is 35.5. The summed E-state index contributed by atoms with van der Waals surface area (Å²) in [5.74, 6) is -0.952. The Morgan fingerprint density at radius 1 is 1.50 bits per heavy atom. The van der Waals surface area contributed by atoms with E-state index in [-0.39, 0.29) is 16.5 Å². The number of alkyl halides is 3. The first-order chi connectivity index (χ1) is 9.20. The quantitative estimate of drug-likeness (QED) is 0.867. The number of nitrogens with zero attached hydrogens (tertiary/aromatic N) is 3. The van der Waals surface area contributed by atoms with E-state index in [1.807, 2.05) is 5.32 Å². The Kier molecular flexibility index (Phi) is 3.59. The van der Waals surface area contributed by atoms with Gasteiger partial charge in [0.1, 0.15) is 17.5 Å². The molecule has 1 N–H and O–H groups in total. The smallest absolute Gasteiger partial charge is 0.339 e. The summed E-state index contributed by atoms with van der Waals surface area (Å²) in [5.41, 5.74) is 0.573. The van der Waals surface area contributed by atoms with Gasteiger partial charge >= 0.3 is 6.18 Å². The topological polar surface area (TPSA) is 59.3 Å². The Bertz CT molecular complexity index is 667. The van der Waals surface area contributed by atoms with E-state index in [1.165, 1.54) is 10.7 Å². The van der Waals surface area contributed by atoms with Gasteiger partial charge in [0.05, 0.1) is 0 Å². The molecule has 0 aromatic carbocycles. The molecule has 0 fully saturated rings. The maximum Gasteiger partial charge on any atom is 0.408 e. The molecule has 1 atom stereocenters. The lowest BCUT2D eigenvalue weighted by Gasteiger charge is -2.16. The van der Waals surface area contributed by atoms with Gasteiger partial charge in [0.25, 0.3) is 5.91 Å². The minimum Gasteiger partial charge on any atom is -0.339 e. The Morgan fingerprint density at radius 3 is 2.75 bits per heavy atom. The third-order valence-electron chi connectivity index (χ3n) is 2.72. The van der Waals surface area contributed by atoms with Crippen LogP contribution in [0.1, 0.15) is 23.1 Å². The van der Waals surface area contributed by atoms with Gasteiger partial charge in [0.2, 0.25) is 0 Å². The van der Waals surface area contributed by atoms with Crippen molar-refractivity contribution in [3.63, 3.8) is 0 Å². The number of hydrogen-bond acceptors (Lipinski definition) is 3. The summed E-state index contributed by atoms with van der Waals surface area (Å²) >= 11 is 5.77. The maximum absolute atomic E-state index is 12.4. The molecule has 0 aliphatic carbocycles. The van der Waals surface area contributed by atoms with E-state index in [2.05, 4.69) is 9.97 Å². The summed E-state index contributed by atoms with van der Waals surface area (Å²) in [7, 11) is 0. The number of rotatable bonds is 2. The van der Waals surface area contributed by atoms with Gasteiger partial charge in [-0.1, -0.05) is 11.6 Å². The molecular weight excluding hydrogens is 297 g/mol. The van der Waals surface area contributed by atoms with Gasteiger partial charge in [-0.15, -0.1) is 0 Å². The monoisotopic (exact) mass is 306 g/mol. The standard InChI is InChI=1S/C11H10ClF3N4O/c1-5-3-7(12)18-9-8(16-4-19(5)9)10(20)17-6(2)11(13,14)15/h3-4,6H,1-2H3,(H,17,20). The normalized spacial score (nSPS) is 13.5. The Labute approximate surface area is 116 Å². The summed E-state index contributed by atoms with van der Waals surface area (Å²) in [6, 6.07) is -0.428. The summed E-state index contributed by atoms with van der Waals surface area (Å²) in [6.45, 7) is 2.56. The number of fused-ring (bicyclic) bond motifs is 1. The molecule has 2 rings (SSSR count). The average molecular weight is 307 g/mol. The van der Waals surface area contributed by atoms with Gasteiger partial charge in [-0.2, -0.15) is 13.2 Å². The molecule has 5 nitrogen and oxygen atoms in total. The highest BCUT2D eigenvalue weighted by Crippen LogP contribution is 2.20. The Balaban J connectivity index is 2.36. The van der Waals surface area contributed by atoms with E-state index in [0.717, 1.165) is 6.92 Å². The number of amides is 1. The van der Waals surface area contributed by atoms with E-state index in [1.54, 1.807) is 13.0 Å². The van der Waals surface area contributed by atoms with Crippen molar-refractivity contribution in [1.82, 2.24) is 19.7 Å². The predicted octanol–water partition coefficient (Wildman–Crippen LogP) is 2.37. The highest BCUT2D eigenvalue weighted by Gasteiger charge is 2.37. The molecule has 2 aromatic rings. The second-order valence-electron chi connectivity index (χ2n) is 4.24. The lowest BCUT2D eigenvalue weighted by molar-refractivity contribution is -0.149. The van der Waals surface area contributed by atoms with Crippen molar-refractivity contribution in [3.05, 3.63) is 28.9 Å². The third-order valence-corrected chi connectivity index (χ3v) is 2.91. The number of aromatic nitrogens is 3. The molecule has 9 heteroatoms. The zero-order chi connectivity index (χ0) is 15.1. The maximum atomic E-state index is 12.4. The fraction of sp³-hybridized carbons (Fsp3) is 0.364. The van der Waals surface area contributed by atoms with E-state index in [9.17, 15) is 18.0 Å². The number of carbonyl (C=O) groups excluding carboxylic acids is 1. The highest BCUT2D eigenvalue weighted by molar-refractivity contribution is 6.29. The molecule has 0 saturated heterocycles. The average Bonchev–Trinajstić information content (AvgIpc) is 2.71. The SMILES string of the molecule is Cc1cc(Cl)nc2c(C(=O)NC(C)C(F)(F)F)ncn12. The van der Waals surface area contributed by atoms with Crippen LogP contribution in [0.4, 0.5) is 13.2 Å². The van der Waals surface area contributed by atoms with Crippen molar-refractivity contribution in [1.29, 1.82) is 0 Å². The largest absolute Gasteiger partial charge is 0.408 e. The van der Waals surface area contributed by atoms with E-state index < -0.39 is 18.1 Å². The Hall–Kier alpha value is -1.83. The summed E-state index contributed by atoms with van der Waals surface area (Å²) in [5, 5.41) is 1.96. The van der Waals surface area contributed by atoms with Crippen LogP contribution < -0.4 is 5.32 Å². The van der Waals surface area contributed by atoms with E-state index in [4.69, 9.17) is 11.6 Å². The van der Waals surface area contributed by atoms with E-state index >= 15 is 0 Å². The zero-order valence-corrected chi connectivity index (χ0v) is 11.2. The number of nitrogens with one attached hydrogen (secondary N) is 1. The number of hydrogen-bond donors (Lipinski definition) is 1. The van der Waals surface area contributed by atoms with Gasteiger partial charge in [0, 0.05) is 5.69 Å². The third kappa shape index (κ3) is 2.69. The van der Waals surface area contributed by atoms with Crippen LogP contribution in [0, 0.1) is 6.92 Å². The van der Waals surface area contributed by atoms with Crippen LogP contribution in [0.15, 0.2) is 12.4 Å². The first-order valence-electron chi connectivity index (χ1n) is 5.58. The molecule has 108 valence electrons. The first-order valence-corrected chi connectivity index (χ1v) is 5.95. The van der Waals surface area contributed by atoms with Gasteiger partial charge in [-0.25, -0.2) is 9.97 Å². The summed E-state index contributed by atoms with van der Waals surface area (Å²) < 4.78 is 38.7. The number of aryl methyl sites for hydroxylation is 1. The zero-order valence-electron chi connectivity index (χ0n) is 10.5. The predicted molar refractivity (Wildman–Crippen MR) is 65.7 cm³/mol. The van der Waals surface area contributed by atoms with Gasteiger partial charge < -0.3 is 5.32 Å². The Morgan fingerprint density at radius 2 is 2.15 bits per heavy atom. The molecule has 0 spiro atoms. The van der Waals surface area contributed by atoms with Crippen molar-refractivity contribution < 1.29 is 18.0 Å². The molecular formula is C11H10ClF3N4O. The van der Waals surface area contributed by atoms with Gasteiger partial charge in [-0.05, 0) is 19.9 Å². The van der Waals surface area contributed by atoms with Crippen molar-refractivity contribution in [2.24, 2.45) is 0 Å². The molecule has 0 aliphatic heterocycles. The molecule has 0 aliphatic rings. The fourth-order valence-corrected chi connectivity index (χ4v) is 1.83.